The molecule has 4 rings (SSSR count). The Hall–Kier alpha value is -2.46. The van der Waals surface area contributed by atoms with Gasteiger partial charge in [0, 0.05) is 17.0 Å². The Morgan fingerprint density at radius 1 is 0.957 bits per heavy atom. The van der Waals surface area contributed by atoms with Crippen molar-refractivity contribution in [2.24, 2.45) is 5.73 Å². The summed E-state index contributed by atoms with van der Waals surface area (Å²) in [4.78, 5) is 0. The number of rotatable bonds is 1. The first-order valence-electron chi connectivity index (χ1n) is 8.17. The van der Waals surface area contributed by atoms with Crippen LogP contribution in [0.15, 0.2) is 48.5 Å². The number of H-pyrrole nitrogens is 1. The zero-order valence-electron chi connectivity index (χ0n) is 13.6. The lowest BCUT2D eigenvalue weighted by Crippen LogP contribution is -2.17. The van der Waals surface area contributed by atoms with Gasteiger partial charge in [-0.2, -0.15) is 15.4 Å². The van der Waals surface area contributed by atoms with Gasteiger partial charge in [0.15, 0.2) is 0 Å². The third-order valence-electron chi connectivity index (χ3n) is 4.23. The fourth-order valence-electron chi connectivity index (χ4n) is 3.19. The lowest BCUT2D eigenvalue weighted by atomic mass is 9.82. The Morgan fingerprint density at radius 2 is 1.57 bits per heavy atom. The van der Waals surface area contributed by atoms with Gasteiger partial charge in [0.05, 0.1) is 0 Å². The standard InChI is InChI=1S/C17H16N4.C2H6/c18-10-12-9-11-5-1-2-7-14(11)16-17(20-21-19-16)15-8-4-3-6-13(12)15;1-2/h1-8,12H,9-10,18H2,(H,19,20,21);1-2H3. The van der Waals surface area contributed by atoms with Crippen LogP contribution in [0.25, 0.3) is 22.5 Å². The van der Waals surface area contributed by atoms with Gasteiger partial charge in [-0.3, -0.25) is 0 Å². The molecule has 0 saturated carbocycles. The summed E-state index contributed by atoms with van der Waals surface area (Å²) in [6.45, 7) is 4.62. The van der Waals surface area contributed by atoms with E-state index >= 15 is 0 Å². The van der Waals surface area contributed by atoms with Gasteiger partial charge in [-0.25, -0.2) is 0 Å². The fourth-order valence-corrected chi connectivity index (χ4v) is 3.19. The number of aromatic amines is 1. The molecule has 1 aliphatic rings. The van der Waals surface area contributed by atoms with Gasteiger partial charge in [0.2, 0.25) is 0 Å². The lowest BCUT2D eigenvalue weighted by Gasteiger charge is -2.22. The molecule has 1 atom stereocenters. The average molecular weight is 306 g/mol. The molecule has 3 aromatic rings. The van der Waals surface area contributed by atoms with Crippen LogP contribution in [-0.4, -0.2) is 22.0 Å². The van der Waals surface area contributed by atoms with Crippen LogP contribution in [0, 0.1) is 0 Å². The largest absolute Gasteiger partial charge is 0.330 e. The van der Waals surface area contributed by atoms with E-state index in [1.807, 2.05) is 26.0 Å². The molecule has 0 spiro atoms. The molecule has 4 nitrogen and oxygen atoms in total. The third kappa shape index (κ3) is 2.66. The number of hydrogen-bond acceptors (Lipinski definition) is 3. The van der Waals surface area contributed by atoms with Crippen molar-refractivity contribution in [3.63, 3.8) is 0 Å². The molecular weight excluding hydrogens is 284 g/mol. The summed E-state index contributed by atoms with van der Waals surface area (Å²) < 4.78 is 0. The minimum absolute atomic E-state index is 0.298. The van der Waals surface area contributed by atoms with E-state index in [9.17, 15) is 0 Å². The summed E-state index contributed by atoms with van der Waals surface area (Å²) in [7, 11) is 0. The van der Waals surface area contributed by atoms with Crippen LogP contribution >= 0.6 is 0 Å². The number of nitrogens with zero attached hydrogens (tertiary/aromatic N) is 2. The quantitative estimate of drug-likeness (QED) is 0.719. The topological polar surface area (TPSA) is 67.6 Å². The van der Waals surface area contributed by atoms with E-state index < -0.39 is 0 Å². The van der Waals surface area contributed by atoms with E-state index in [2.05, 4.69) is 51.8 Å². The van der Waals surface area contributed by atoms with Crippen LogP contribution in [0.1, 0.15) is 30.9 Å². The van der Waals surface area contributed by atoms with Gasteiger partial charge in [0.25, 0.3) is 0 Å². The summed E-state index contributed by atoms with van der Waals surface area (Å²) in [5, 5.41) is 11.6. The van der Waals surface area contributed by atoms with Crippen LogP contribution in [0.5, 0.6) is 0 Å². The molecule has 3 N–H and O–H groups in total. The Kier molecular flexibility index (Phi) is 4.53. The Bertz CT molecular complexity index is 791. The molecule has 1 aliphatic carbocycles. The smallest absolute Gasteiger partial charge is 0.121 e. The van der Waals surface area contributed by atoms with Gasteiger partial charge in [0.1, 0.15) is 11.4 Å². The number of fused-ring (bicyclic) bond motifs is 5. The molecule has 0 bridgehead atoms. The molecule has 1 heterocycles. The highest BCUT2D eigenvalue weighted by Crippen LogP contribution is 2.39. The predicted molar refractivity (Wildman–Crippen MR) is 94.1 cm³/mol. The SMILES string of the molecule is CC.NCC1Cc2ccccc2-c2n[nH]nc2-c2ccccc21. The van der Waals surface area contributed by atoms with Crippen molar-refractivity contribution < 1.29 is 0 Å². The second-order valence-electron chi connectivity index (χ2n) is 5.40. The zero-order valence-corrected chi connectivity index (χ0v) is 13.6. The van der Waals surface area contributed by atoms with Gasteiger partial charge in [-0.1, -0.05) is 62.4 Å². The summed E-state index contributed by atoms with van der Waals surface area (Å²) in [6, 6.07) is 16.7. The third-order valence-corrected chi connectivity index (χ3v) is 4.23. The second-order valence-corrected chi connectivity index (χ2v) is 5.40. The fraction of sp³-hybridized carbons (Fsp3) is 0.263. The van der Waals surface area contributed by atoms with Gasteiger partial charge in [-0.15, -0.1) is 0 Å². The molecule has 0 amide bonds. The maximum Gasteiger partial charge on any atom is 0.121 e. The highest BCUT2D eigenvalue weighted by atomic mass is 15.3. The molecular formula is C19H22N4. The molecule has 0 fully saturated rings. The molecule has 2 aromatic carbocycles. The van der Waals surface area contributed by atoms with Crippen molar-refractivity contribution in [1.82, 2.24) is 15.4 Å². The normalized spacial score (nSPS) is 15.2. The van der Waals surface area contributed by atoms with Crippen molar-refractivity contribution in [3.05, 3.63) is 59.7 Å². The number of aromatic nitrogens is 3. The Labute approximate surface area is 136 Å². The summed E-state index contributed by atoms with van der Waals surface area (Å²) in [5.74, 6) is 0.298. The summed E-state index contributed by atoms with van der Waals surface area (Å²) >= 11 is 0. The number of benzene rings is 2. The van der Waals surface area contributed by atoms with E-state index in [1.54, 1.807) is 0 Å². The number of hydrogen-bond donors (Lipinski definition) is 2. The Balaban J connectivity index is 0.000000753. The lowest BCUT2D eigenvalue weighted by molar-refractivity contribution is 0.695. The van der Waals surface area contributed by atoms with Crippen LogP contribution in [0.3, 0.4) is 0 Å². The van der Waals surface area contributed by atoms with Crippen LogP contribution < -0.4 is 5.73 Å². The van der Waals surface area contributed by atoms with Crippen molar-refractivity contribution in [3.8, 4) is 22.5 Å². The predicted octanol–water partition coefficient (Wildman–Crippen LogP) is 3.76. The molecule has 118 valence electrons. The zero-order chi connectivity index (χ0) is 16.2. The molecule has 0 saturated heterocycles. The number of nitrogens with two attached hydrogens (primary N) is 1. The minimum Gasteiger partial charge on any atom is -0.330 e. The summed E-state index contributed by atoms with van der Waals surface area (Å²) in [5.41, 5.74) is 12.7. The molecule has 0 aliphatic heterocycles. The molecule has 4 heteroatoms. The van der Waals surface area contributed by atoms with Crippen LogP contribution in [-0.2, 0) is 6.42 Å². The first kappa shape index (κ1) is 15.4. The van der Waals surface area contributed by atoms with Crippen LogP contribution in [0.4, 0.5) is 0 Å². The van der Waals surface area contributed by atoms with Gasteiger partial charge < -0.3 is 5.73 Å². The molecule has 0 radical (unpaired) electrons. The van der Waals surface area contributed by atoms with Crippen molar-refractivity contribution in [2.75, 3.05) is 6.54 Å². The van der Waals surface area contributed by atoms with E-state index in [4.69, 9.17) is 5.73 Å². The molecule has 1 unspecified atom stereocenters. The summed E-state index contributed by atoms with van der Waals surface area (Å²) in [6.07, 6.45) is 0.927. The molecule has 23 heavy (non-hydrogen) atoms. The number of nitrogens with one attached hydrogen (secondary N) is 1. The molecule has 1 aromatic heterocycles. The van der Waals surface area contributed by atoms with E-state index in [-0.39, 0.29) is 0 Å². The van der Waals surface area contributed by atoms with Crippen molar-refractivity contribution in [2.45, 2.75) is 26.2 Å². The highest BCUT2D eigenvalue weighted by Gasteiger charge is 2.25. The maximum absolute atomic E-state index is 6.05. The highest BCUT2D eigenvalue weighted by molar-refractivity contribution is 5.82. The second kappa shape index (κ2) is 6.75. The van der Waals surface area contributed by atoms with Gasteiger partial charge in [-0.05, 0) is 24.1 Å². The maximum atomic E-state index is 6.05. The first-order chi connectivity index (χ1) is 11.4. The average Bonchev–Trinajstić information content (AvgIpc) is 3.09. The van der Waals surface area contributed by atoms with Gasteiger partial charge >= 0.3 is 0 Å². The Morgan fingerprint density at radius 3 is 2.30 bits per heavy atom. The van der Waals surface area contributed by atoms with E-state index in [0.717, 1.165) is 28.9 Å². The van der Waals surface area contributed by atoms with E-state index in [0.29, 0.717) is 12.5 Å². The monoisotopic (exact) mass is 306 g/mol. The minimum atomic E-state index is 0.298. The van der Waals surface area contributed by atoms with Crippen LogP contribution in [0.2, 0.25) is 0 Å². The van der Waals surface area contributed by atoms with Crippen molar-refractivity contribution >= 4 is 0 Å². The van der Waals surface area contributed by atoms with Crippen molar-refractivity contribution in [1.29, 1.82) is 0 Å². The first-order valence-corrected chi connectivity index (χ1v) is 8.17. The van der Waals surface area contributed by atoms with E-state index in [1.165, 1.54) is 11.1 Å².